The number of carbonyl (C=O) groups excluding carboxylic acids is 5. The van der Waals surface area contributed by atoms with Crippen LogP contribution in [0.4, 0.5) is 0 Å². The van der Waals surface area contributed by atoms with E-state index in [4.69, 9.17) is 94.7 Å². The van der Waals surface area contributed by atoms with Crippen LogP contribution < -0.4 is 26.6 Å². The summed E-state index contributed by atoms with van der Waals surface area (Å²) in [4.78, 5) is 63.1. The Balaban J connectivity index is 0.865. The molecule has 0 aromatic carbocycles. The Bertz CT molecular complexity index is 3480. The zero-order valence-corrected chi connectivity index (χ0v) is 69.6. The number of carbonyl (C=O) groups is 5. The third kappa shape index (κ3) is 24.0. The minimum atomic E-state index is -2.46. The molecule has 5 amide bonds. The van der Waals surface area contributed by atoms with Crippen molar-refractivity contribution >= 4 is 30.0 Å². The Morgan fingerprint density at radius 3 is 0.907 bits per heavy atom. The van der Waals surface area contributed by atoms with Gasteiger partial charge in [0.05, 0.1) is 84.8 Å². The first kappa shape index (κ1) is 107. The highest BCUT2D eigenvalue weighted by molar-refractivity contribution is 5.74. The third-order valence-electron chi connectivity index (χ3n) is 23.4. The van der Waals surface area contributed by atoms with Crippen LogP contribution in [0.2, 0.25) is 0 Å². The highest BCUT2D eigenvalue weighted by Crippen LogP contribution is 2.42. The van der Waals surface area contributed by atoms with Crippen molar-refractivity contribution in [2.24, 2.45) is 0 Å². The van der Waals surface area contributed by atoms with E-state index >= 15 is 0 Å². The van der Waals surface area contributed by atoms with Gasteiger partial charge >= 0.3 is 0 Å². The Morgan fingerprint density at radius 1 is 0.264 bits per heavy atom. The van der Waals surface area contributed by atoms with Crippen LogP contribution in [0, 0.1) is 0 Å². The van der Waals surface area contributed by atoms with Crippen molar-refractivity contribution in [3.63, 3.8) is 0 Å². The van der Waals surface area contributed by atoms with E-state index in [0.717, 1.165) is 27.7 Å². The van der Waals surface area contributed by atoms with E-state index < -0.39 is 409 Å². The van der Waals surface area contributed by atoms with E-state index in [1.807, 2.05) is 0 Å². The highest BCUT2D eigenvalue weighted by Gasteiger charge is 2.63. The highest BCUT2D eigenvalue weighted by atomic mass is 16.8. The topological polar surface area (TPSA) is 876 Å². The predicted molar refractivity (Wildman–Crippen MR) is 398 cm³/mol. The number of aliphatic hydroxyl groups is 27. The SMILES string of the molecule is CC(=O)N[C@H]1[C@H](O[C@H]2[C@@H](O)[C@@H](CO)O[C@@H](O[C@H]3[C@H](O)[C@@H](O)[C@H](OC[C@@H](CO)NC=O)O[C@@H]3CO)[C@@H]2O)O[C@H](CO)[C@@H](O[C@@H]2O[C@H](CO)[C@H](O)[C@H](O[C@@H]3O[C@H](CO)[C@@H](O[C@@H]4O[C@H](CO)[C@H](O)[C@H](O[C@H]5O[C@H](CO)[C@H](O)[C@H](O[C@@H]6O[C@H](CO)[C@H](O)[C@H](O[C@H]7O[C@H](CO)[C@H](O)[C@H](O)[C@H]7NC(C)=O)[C@H]6O[C@@H]6O[C@@H](C)[C@@H](O)[C@@H](O)[C@@H]6O)[C@H]5NC(C)=O)[C@H]4O)[C@H](O)[C@H]3NC(C)=O)[C@H]2O)[C@@H]1O. The maximum absolute atomic E-state index is 13.4. The summed E-state index contributed by atoms with van der Waals surface area (Å²) in [6.45, 7) is -6.32. The molecule has 0 unspecified atom stereocenters. The van der Waals surface area contributed by atoms with E-state index in [9.17, 15) is 162 Å². The first-order valence-electron chi connectivity index (χ1n) is 41.2. The summed E-state index contributed by atoms with van der Waals surface area (Å²) in [7, 11) is 0. The van der Waals surface area contributed by atoms with E-state index in [2.05, 4.69) is 26.6 Å². The number of hydrogen-bond acceptors (Lipinski definition) is 52. The largest absolute Gasteiger partial charge is 0.394 e. The fraction of sp³-hybridized carbons (Fsp3) is 0.931. The van der Waals surface area contributed by atoms with Gasteiger partial charge in [0.15, 0.2) is 62.9 Å². The minimum absolute atomic E-state index is 0.250. The zero-order chi connectivity index (χ0) is 94.9. The van der Waals surface area contributed by atoms with Gasteiger partial charge in [0.25, 0.3) is 0 Å². The minimum Gasteiger partial charge on any atom is -0.394 e. The maximum Gasteiger partial charge on any atom is 0.217 e. The Kier molecular flexibility index (Phi) is 39.2. The zero-order valence-electron chi connectivity index (χ0n) is 69.6. The summed E-state index contributed by atoms with van der Waals surface area (Å²) in [6.07, 6.45) is -94.9. The quantitative estimate of drug-likeness (QED) is 0.0257. The molecule has 32 N–H and O–H groups in total. The van der Waals surface area contributed by atoms with Gasteiger partial charge in [-0.25, -0.2) is 0 Å². The van der Waals surface area contributed by atoms with Gasteiger partial charge in [-0.2, -0.15) is 0 Å². The van der Waals surface area contributed by atoms with E-state index in [1.165, 1.54) is 6.92 Å². The van der Waals surface area contributed by atoms with Crippen LogP contribution in [0.3, 0.4) is 0 Å². The normalized spacial score (nSPS) is 47.8. The molecular weight excluding hydrogens is 1770 g/mol. The molecule has 0 aromatic rings. The summed E-state index contributed by atoms with van der Waals surface area (Å²) in [5.41, 5.74) is 0. The smallest absolute Gasteiger partial charge is 0.217 e. The van der Waals surface area contributed by atoms with Gasteiger partial charge < -0.3 is 259 Å². The molecule has 0 radical (unpaired) electrons. The average Bonchev–Trinajstić information content (AvgIpc) is 0.764. The van der Waals surface area contributed by atoms with E-state index in [0.29, 0.717) is 0 Å². The number of nitrogens with one attached hydrogen (secondary N) is 5. The molecule has 57 nitrogen and oxygen atoms in total. The molecule has 0 aliphatic carbocycles. The molecule has 10 saturated heterocycles. The molecular formula is C72H121N5O52. The van der Waals surface area contributed by atoms with Gasteiger partial charge in [-0.3, -0.25) is 24.0 Å². The molecule has 57 heteroatoms. The number of rotatable bonds is 37. The number of hydrogen-bond donors (Lipinski definition) is 32. The lowest BCUT2D eigenvalue weighted by Crippen LogP contribution is -2.71. The predicted octanol–water partition coefficient (Wildman–Crippen LogP) is -22.1. The summed E-state index contributed by atoms with van der Waals surface area (Å²) >= 11 is 0. The molecule has 10 heterocycles. The van der Waals surface area contributed by atoms with Crippen molar-refractivity contribution in [3.05, 3.63) is 0 Å². The number of ether oxygens (including phenoxy) is 20. The van der Waals surface area contributed by atoms with Crippen LogP contribution in [-0.2, 0) is 119 Å². The second-order valence-electron chi connectivity index (χ2n) is 32.4. The van der Waals surface area contributed by atoms with E-state index in [1.54, 1.807) is 0 Å². The van der Waals surface area contributed by atoms with Crippen molar-refractivity contribution in [2.45, 2.75) is 347 Å². The first-order valence-corrected chi connectivity index (χ1v) is 41.2. The van der Waals surface area contributed by atoms with Crippen LogP contribution in [-0.4, -0.2) is 553 Å². The first-order chi connectivity index (χ1) is 61.2. The molecule has 10 rings (SSSR count). The van der Waals surface area contributed by atoms with Gasteiger partial charge in [-0.1, -0.05) is 0 Å². The Morgan fingerprint density at radius 2 is 0.535 bits per heavy atom. The van der Waals surface area contributed by atoms with Crippen LogP contribution >= 0.6 is 0 Å². The lowest BCUT2D eigenvalue weighted by atomic mass is 9.93. The van der Waals surface area contributed by atoms with Gasteiger partial charge in [-0.15, -0.1) is 0 Å². The van der Waals surface area contributed by atoms with Crippen LogP contribution in [0.25, 0.3) is 0 Å². The molecule has 10 aliphatic heterocycles. The number of aliphatic hydroxyl groups excluding tert-OH is 27. The fourth-order valence-corrected chi connectivity index (χ4v) is 16.6. The van der Waals surface area contributed by atoms with Crippen LogP contribution in [0.15, 0.2) is 0 Å². The molecule has 746 valence electrons. The summed E-state index contributed by atoms with van der Waals surface area (Å²) in [5.74, 6) is -3.82. The Labute approximate surface area is 731 Å². The van der Waals surface area contributed by atoms with Gasteiger partial charge in [-0.05, 0) is 6.92 Å². The van der Waals surface area contributed by atoms with Crippen molar-refractivity contribution in [2.75, 3.05) is 72.7 Å². The summed E-state index contributed by atoms with van der Waals surface area (Å²) in [5, 5.41) is 315. The fourth-order valence-electron chi connectivity index (χ4n) is 16.6. The molecule has 10 aliphatic rings. The lowest BCUT2D eigenvalue weighted by molar-refractivity contribution is -0.401. The van der Waals surface area contributed by atoms with Crippen LogP contribution in [0.5, 0.6) is 0 Å². The second kappa shape index (κ2) is 47.5. The summed E-state index contributed by atoms with van der Waals surface area (Å²) < 4.78 is 119. The van der Waals surface area contributed by atoms with Gasteiger partial charge in [0, 0.05) is 27.7 Å². The molecule has 0 saturated carbocycles. The standard InChI is InChI=1S/C72H121N5O52/c1-18-37(93)47(103)49(105)68(111-18)129-62-61(128-63-33(74-19(2)89)44(100)38(94)24(7-79)112-63)43(99)29(12-84)117-72(62)124-57-36(77-22(5)92)66(113-25(8-80)39(57)95)127-60-42(98)28(11-83)115-70(53(60)109)122-55-31(14-86)118-64(34(46(55)102)75-20(3)90)125-58-40(96)26(9-81)114-69(51(58)107)121-54-30(13-85)119-65(35(45(54)101)76-21(4)91)126-59-41(97)27(10-82)116-71(52(59)108)123-56-32(15-87)120-67(50(106)48(56)104)110-16-23(6-78)73-17-88/h17-18,23-72,78-87,93-109H,6-16H2,1-5H3,(H,73,88)(H,74,89)(H,75,90)(H,76,91)(H,77,92)/t18-,23+,24+,25+,26+,27+,28+,29+,30+,31+,32+,33+,34+,35+,36+,37+,38-,39-,40-,41-,42-,43-,44+,45+,46+,47+,48+,49-,50+,51+,52+,53+,54+,55+,56+,57+,58-,59-,60-,61-,62+,63+,64-,65-,66+,67+,68-,69-,70-,71-,72-/m0/s1. The molecule has 0 spiro atoms. The molecule has 0 bridgehead atoms. The van der Waals surface area contributed by atoms with Crippen molar-refractivity contribution in [3.8, 4) is 0 Å². The third-order valence-corrected chi connectivity index (χ3v) is 23.4. The molecule has 129 heavy (non-hydrogen) atoms. The van der Waals surface area contributed by atoms with Crippen LogP contribution in [0.1, 0.15) is 34.6 Å². The number of amides is 5. The molecule has 10 fully saturated rings. The maximum atomic E-state index is 13.4. The monoisotopic (exact) mass is 1890 g/mol. The van der Waals surface area contributed by atoms with Crippen molar-refractivity contribution in [1.82, 2.24) is 26.6 Å². The van der Waals surface area contributed by atoms with Crippen molar-refractivity contribution in [1.29, 1.82) is 0 Å². The van der Waals surface area contributed by atoms with Gasteiger partial charge in [0.2, 0.25) is 30.0 Å². The molecule has 0 aromatic heterocycles. The van der Waals surface area contributed by atoms with E-state index in [-0.39, 0.29) is 6.41 Å². The second-order valence-corrected chi connectivity index (χ2v) is 32.4. The summed E-state index contributed by atoms with van der Waals surface area (Å²) in [6, 6.07) is -8.79. The van der Waals surface area contributed by atoms with Gasteiger partial charge in [0.1, 0.15) is 238 Å². The average molecular weight is 1890 g/mol. The molecule has 51 atom stereocenters. The lowest BCUT2D eigenvalue weighted by Gasteiger charge is -2.52. The van der Waals surface area contributed by atoms with Crippen molar-refractivity contribution < 1.29 is 257 Å². The Hall–Kier alpha value is -4.53.